The van der Waals surface area contributed by atoms with E-state index in [2.05, 4.69) is 21.2 Å². The molecule has 1 aromatic carbocycles. The van der Waals surface area contributed by atoms with Crippen LogP contribution >= 0.6 is 50.1 Å². The number of nitrogens with one attached hydrogen (secondary N) is 1. The van der Waals surface area contributed by atoms with Gasteiger partial charge in [0, 0.05) is 4.47 Å². The highest BCUT2D eigenvalue weighted by Crippen LogP contribution is 2.25. The molecule has 0 aromatic heterocycles. The van der Waals surface area contributed by atoms with Gasteiger partial charge < -0.3 is 5.32 Å². The van der Waals surface area contributed by atoms with Crippen molar-refractivity contribution in [2.75, 3.05) is 9.74 Å². The zero-order valence-electron chi connectivity index (χ0n) is 6.48. The van der Waals surface area contributed by atoms with Crippen LogP contribution in [0.15, 0.2) is 22.7 Å². The van der Waals surface area contributed by atoms with E-state index in [9.17, 15) is 4.79 Å². The molecule has 0 saturated carbocycles. The van der Waals surface area contributed by atoms with Gasteiger partial charge in [-0.3, -0.25) is 4.79 Å². The average Bonchev–Trinajstić information content (AvgIpc) is 2.09. The molecule has 0 aliphatic carbocycles. The topological polar surface area (TPSA) is 29.1 Å². The molecule has 0 spiro atoms. The molecular weight excluding hydrogens is 368 g/mol. The molecule has 1 aromatic rings. The molecule has 0 unspecified atom stereocenters. The van der Waals surface area contributed by atoms with Crippen LogP contribution < -0.4 is 5.32 Å². The molecule has 0 fully saturated rings. The molecule has 0 heterocycles. The van der Waals surface area contributed by atoms with Crippen molar-refractivity contribution in [2.24, 2.45) is 0 Å². The fourth-order valence-electron chi connectivity index (χ4n) is 0.774. The van der Waals surface area contributed by atoms with Crippen LogP contribution in [0.3, 0.4) is 0 Å². The van der Waals surface area contributed by atoms with Crippen molar-refractivity contribution in [3.05, 3.63) is 27.7 Å². The number of halogens is 3. The maximum absolute atomic E-state index is 11.0. The molecule has 0 saturated heterocycles. The van der Waals surface area contributed by atoms with Crippen molar-refractivity contribution in [3.63, 3.8) is 0 Å². The summed E-state index contributed by atoms with van der Waals surface area (Å²) in [4.78, 5) is 11.0. The zero-order valence-corrected chi connectivity index (χ0v) is 11.0. The molecule has 1 N–H and O–H groups in total. The van der Waals surface area contributed by atoms with Gasteiger partial charge in [0.15, 0.2) is 0 Å². The Bertz CT molecular complexity index is 332. The predicted molar refractivity (Wildman–Crippen MR) is 66.7 cm³/mol. The molecule has 13 heavy (non-hydrogen) atoms. The highest BCUT2D eigenvalue weighted by molar-refractivity contribution is 14.1. The number of hydrogen-bond donors (Lipinski definition) is 1. The van der Waals surface area contributed by atoms with Gasteiger partial charge in [0.25, 0.3) is 0 Å². The third-order valence-corrected chi connectivity index (χ3v) is 2.83. The van der Waals surface area contributed by atoms with Crippen LogP contribution in [0.5, 0.6) is 0 Å². The third-order valence-electron chi connectivity index (χ3n) is 1.33. The van der Waals surface area contributed by atoms with Crippen molar-refractivity contribution in [3.8, 4) is 0 Å². The Labute approximate surface area is 103 Å². The first-order chi connectivity index (χ1) is 6.13. The van der Waals surface area contributed by atoms with Gasteiger partial charge in [0.2, 0.25) is 5.91 Å². The minimum atomic E-state index is -0.0511. The summed E-state index contributed by atoms with van der Waals surface area (Å²) in [6, 6.07) is 5.33. The third kappa shape index (κ3) is 3.44. The van der Waals surface area contributed by atoms with E-state index in [0.29, 0.717) is 15.1 Å². The monoisotopic (exact) mass is 373 g/mol. The molecule has 0 bridgehead atoms. The van der Waals surface area contributed by atoms with Crippen molar-refractivity contribution >= 4 is 61.7 Å². The largest absolute Gasteiger partial charge is 0.324 e. The number of carbonyl (C=O) groups is 1. The Morgan fingerprint density at radius 2 is 2.31 bits per heavy atom. The van der Waals surface area contributed by atoms with Gasteiger partial charge in [-0.25, -0.2) is 0 Å². The molecule has 5 heteroatoms. The summed E-state index contributed by atoms with van der Waals surface area (Å²) in [5, 5.41) is 3.22. The molecule has 0 aliphatic heterocycles. The van der Waals surface area contributed by atoms with E-state index in [4.69, 9.17) is 11.6 Å². The van der Waals surface area contributed by atoms with Crippen LogP contribution in [0, 0.1) is 0 Å². The number of anilines is 1. The first-order valence-electron chi connectivity index (χ1n) is 3.44. The molecule has 70 valence electrons. The van der Waals surface area contributed by atoms with Crippen molar-refractivity contribution in [1.82, 2.24) is 0 Å². The van der Waals surface area contributed by atoms with E-state index >= 15 is 0 Å². The number of amides is 1. The molecule has 1 amide bonds. The summed E-state index contributed by atoms with van der Waals surface area (Å²) in [5.41, 5.74) is 0.645. The lowest BCUT2D eigenvalue weighted by Gasteiger charge is -2.05. The molecule has 1 rings (SSSR count). The lowest BCUT2D eigenvalue weighted by molar-refractivity contribution is -0.113. The number of benzene rings is 1. The number of rotatable bonds is 2. The maximum atomic E-state index is 11.0. The second kappa shape index (κ2) is 5.17. The van der Waals surface area contributed by atoms with Gasteiger partial charge in [-0.05, 0) is 18.2 Å². The van der Waals surface area contributed by atoms with Gasteiger partial charge in [-0.2, -0.15) is 0 Å². The smallest absolute Gasteiger partial charge is 0.234 e. The Hall–Kier alpha value is 0.190. The fraction of sp³-hybridized carbons (Fsp3) is 0.125. The molecule has 0 atom stereocenters. The number of alkyl halides is 1. The van der Waals surface area contributed by atoms with E-state index in [-0.39, 0.29) is 5.91 Å². The lowest BCUT2D eigenvalue weighted by Crippen LogP contribution is -2.12. The van der Waals surface area contributed by atoms with Gasteiger partial charge in [0.05, 0.1) is 15.1 Å². The normalized spacial score (nSPS) is 9.77. The van der Waals surface area contributed by atoms with Gasteiger partial charge in [0.1, 0.15) is 0 Å². The quantitative estimate of drug-likeness (QED) is 0.623. The summed E-state index contributed by atoms with van der Waals surface area (Å²) in [7, 11) is 0. The van der Waals surface area contributed by atoms with E-state index in [1.165, 1.54) is 0 Å². The van der Waals surface area contributed by atoms with Gasteiger partial charge >= 0.3 is 0 Å². The van der Waals surface area contributed by atoms with E-state index < -0.39 is 0 Å². The second-order valence-corrected chi connectivity index (χ2v) is 4.39. The Morgan fingerprint density at radius 3 is 2.85 bits per heavy atom. The lowest BCUT2D eigenvalue weighted by atomic mass is 10.3. The summed E-state index contributed by atoms with van der Waals surface area (Å²) >= 11 is 11.2. The second-order valence-electron chi connectivity index (χ2n) is 2.31. The van der Waals surface area contributed by atoms with Crippen LogP contribution in [0.25, 0.3) is 0 Å². The number of carbonyl (C=O) groups excluding carboxylic acids is 1. The first-order valence-corrected chi connectivity index (χ1v) is 6.14. The Balaban J connectivity index is 2.83. The minimum absolute atomic E-state index is 0.0511. The Kier molecular flexibility index (Phi) is 4.48. The molecular formula is C8H6BrClINO. The summed E-state index contributed by atoms with van der Waals surface area (Å²) in [6.07, 6.45) is 0. The first kappa shape index (κ1) is 11.3. The van der Waals surface area contributed by atoms with E-state index in [1.807, 2.05) is 28.7 Å². The highest BCUT2D eigenvalue weighted by atomic mass is 127. The average molecular weight is 374 g/mol. The van der Waals surface area contributed by atoms with E-state index in [0.717, 1.165) is 4.47 Å². The van der Waals surface area contributed by atoms with Crippen LogP contribution in [0.2, 0.25) is 5.02 Å². The summed E-state index contributed by atoms with van der Waals surface area (Å²) in [5.74, 6) is -0.0511. The standard InChI is InChI=1S/C8H6BrClINO/c9-5-1-2-7(6(10)3-5)12-8(13)4-11/h1-3H,4H2,(H,12,13). The predicted octanol–water partition coefficient (Wildman–Crippen LogP) is 3.48. The van der Waals surface area contributed by atoms with Gasteiger partial charge in [-0.15, -0.1) is 0 Å². The van der Waals surface area contributed by atoms with Crippen LogP contribution in [0.1, 0.15) is 0 Å². The number of hydrogen-bond acceptors (Lipinski definition) is 1. The van der Waals surface area contributed by atoms with Gasteiger partial charge in [-0.1, -0.05) is 50.1 Å². The summed E-state index contributed by atoms with van der Waals surface area (Å²) < 4.78 is 1.31. The van der Waals surface area contributed by atoms with Crippen LogP contribution in [0.4, 0.5) is 5.69 Å². The highest BCUT2D eigenvalue weighted by Gasteiger charge is 2.03. The van der Waals surface area contributed by atoms with E-state index in [1.54, 1.807) is 12.1 Å². The van der Waals surface area contributed by atoms with Crippen molar-refractivity contribution < 1.29 is 4.79 Å². The minimum Gasteiger partial charge on any atom is -0.324 e. The van der Waals surface area contributed by atoms with Crippen molar-refractivity contribution in [1.29, 1.82) is 0 Å². The molecule has 0 radical (unpaired) electrons. The molecule has 2 nitrogen and oxygen atoms in total. The summed E-state index contributed by atoms with van der Waals surface area (Å²) in [6.45, 7) is 0. The Morgan fingerprint density at radius 1 is 1.62 bits per heavy atom. The van der Waals surface area contributed by atoms with Crippen molar-refractivity contribution in [2.45, 2.75) is 0 Å². The van der Waals surface area contributed by atoms with Crippen LogP contribution in [-0.4, -0.2) is 10.3 Å². The van der Waals surface area contributed by atoms with Crippen LogP contribution in [-0.2, 0) is 4.79 Å². The SMILES string of the molecule is O=C(CI)Nc1ccc(Br)cc1Cl. The fourth-order valence-corrected chi connectivity index (χ4v) is 1.69. The maximum Gasteiger partial charge on any atom is 0.234 e. The zero-order chi connectivity index (χ0) is 9.84. The molecule has 0 aliphatic rings.